The van der Waals surface area contributed by atoms with E-state index in [1.54, 1.807) is 47.0 Å². The monoisotopic (exact) mass is 461 g/mol. The molecule has 4 aromatic rings. The summed E-state index contributed by atoms with van der Waals surface area (Å²) in [6.45, 7) is 1.73. The lowest BCUT2D eigenvalue weighted by Gasteiger charge is -2.15. The second-order valence-electron chi connectivity index (χ2n) is 7.48. The van der Waals surface area contributed by atoms with E-state index < -0.39 is 5.78 Å². The summed E-state index contributed by atoms with van der Waals surface area (Å²) >= 11 is 6.05. The summed E-state index contributed by atoms with van der Waals surface area (Å²) in [6, 6.07) is 13.3. The minimum absolute atomic E-state index is 0.0209. The number of methoxy groups -OCH3 is 1. The summed E-state index contributed by atoms with van der Waals surface area (Å²) in [5.41, 5.74) is 1.77. The van der Waals surface area contributed by atoms with Crippen molar-refractivity contribution in [3.05, 3.63) is 99.1 Å². The van der Waals surface area contributed by atoms with Crippen molar-refractivity contribution in [2.45, 2.75) is 13.5 Å². The number of anilines is 1. The van der Waals surface area contributed by atoms with Gasteiger partial charge in [-0.2, -0.15) is 0 Å². The third-order valence-electron chi connectivity index (χ3n) is 5.17. The Kier molecular flexibility index (Phi) is 6.24. The van der Waals surface area contributed by atoms with Gasteiger partial charge in [0.05, 0.1) is 23.9 Å². The molecule has 0 aliphatic rings. The number of fused-ring (bicyclic) bond motifs is 1. The van der Waals surface area contributed by atoms with Crippen molar-refractivity contribution < 1.29 is 14.3 Å². The van der Waals surface area contributed by atoms with E-state index in [0.717, 1.165) is 5.56 Å². The first-order valence-corrected chi connectivity index (χ1v) is 10.5. The van der Waals surface area contributed by atoms with Crippen LogP contribution in [0.15, 0.2) is 71.9 Å². The molecule has 0 bridgehead atoms. The Labute approximate surface area is 194 Å². The first-order valence-electron chi connectivity index (χ1n) is 10.1. The van der Waals surface area contributed by atoms with Crippen molar-refractivity contribution >= 4 is 39.9 Å². The fourth-order valence-electron chi connectivity index (χ4n) is 3.58. The van der Waals surface area contributed by atoms with Gasteiger partial charge in [-0.3, -0.25) is 19.4 Å². The summed E-state index contributed by atoms with van der Waals surface area (Å²) in [6.07, 6.45) is 4.41. The smallest absolute Gasteiger partial charge is 0.244 e. The highest BCUT2D eigenvalue weighted by Crippen LogP contribution is 2.27. The van der Waals surface area contributed by atoms with E-state index in [9.17, 15) is 14.4 Å². The van der Waals surface area contributed by atoms with Gasteiger partial charge < -0.3 is 14.6 Å². The highest BCUT2D eigenvalue weighted by molar-refractivity contribution is 6.31. The van der Waals surface area contributed by atoms with Crippen molar-refractivity contribution in [1.29, 1.82) is 0 Å². The van der Waals surface area contributed by atoms with E-state index in [4.69, 9.17) is 16.3 Å². The predicted molar refractivity (Wildman–Crippen MR) is 127 cm³/mol. The van der Waals surface area contributed by atoms with Gasteiger partial charge >= 0.3 is 0 Å². The number of amides is 1. The Morgan fingerprint density at radius 3 is 2.58 bits per heavy atom. The zero-order chi connectivity index (χ0) is 23.5. The number of nitrogens with zero attached hydrogens (tertiary/aromatic N) is 2. The van der Waals surface area contributed by atoms with Crippen LogP contribution < -0.4 is 15.5 Å². The van der Waals surface area contributed by atoms with Gasteiger partial charge in [0.25, 0.3) is 0 Å². The molecule has 4 rings (SSSR count). The van der Waals surface area contributed by atoms with Gasteiger partial charge in [-0.15, -0.1) is 0 Å². The number of rotatable bonds is 6. The number of ketones is 1. The van der Waals surface area contributed by atoms with E-state index in [1.165, 1.54) is 25.7 Å². The third-order valence-corrected chi connectivity index (χ3v) is 5.41. The number of aryl methyl sites for hydroxylation is 1. The van der Waals surface area contributed by atoms with Crippen LogP contribution in [0.3, 0.4) is 0 Å². The lowest BCUT2D eigenvalue weighted by atomic mass is 10.0. The first kappa shape index (κ1) is 22.2. The van der Waals surface area contributed by atoms with Crippen LogP contribution in [-0.2, 0) is 11.3 Å². The maximum Gasteiger partial charge on any atom is 0.244 e. The first-order chi connectivity index (χ1) is 15.9. The van der Waals surface area contributed by atoms with Crippen molar-refractivity contribution in [3.8, 4) is 5.75 Å². The normalized spacial score (nSPS) is 10.8. The number of aromatic nitrogens is 2. The molecule has 0 radical (unpaired) electrons. The number of carbonyl (C=O) groups is 2. The van der Waals surface area contributed by atoms with Gasteiger partial charge in [0.2, 0.25) is 11.3 Å². The molecule has 0 saturated carbocycles. The van der Waals surface area contributed by atoms with E-state index in [-0.39, 0.29) is 23.4 Å². The maximum atomic E-state index is 13.2. The maximum absolute atomic E-state index is 13.2. The minimum atomic E-state index is -0.434. The quantitative estimate of drug-likeness (QED) is 0.434. The van der Waals surface area contributed by atoms with E-state index >= 15 is 0 Å². The number of halogens is 1. The van der Waals surface area contributed by atoms with Gasteiger partial charge in [-0.05, 0) is 49.4 Å². The highest BCUT2D eigenvalue weighted by Gasteiger charge is 2.19. The van der Waals surface area contributed by atoms with Gasteiger partial charge in [0, 0.05) is 34.6 Å². The third kappa shape index (κ3) is 4.63. The summed E-state index contributed by atoms with van der Waals surface area (Å²) in [7, 11) is 1.49. The molecule has 1 N–H and O–H groups in total. The fourth-order valence-corrected chi connectivity index (χ4v) is 3.76. The van der Waals surface area contributed by atoms with Crippen molar-refractivity contribution in [2.75, 3.05) is 12.4 Å². The zero-order valence-electron chi connectivity index (χ0n) is 18.0. The Morgan fingerprint density at radius 1 is 1.09 bits per heavy atom. The number of ether oxygens (including phenoxy) is 1. The van der Waals surface area contributed by atoms with Crippen molar-refractivity contribution in [3.63, 3.8) is 0 Å². The molecule has 8 heteroatoms. The number of carbonyl (C=O) groups excluding carboxylic acids is 2. The van der Waals surface area contributed by atoms with Crippen LogP contribution >= 0.6 is 11.6 Å². The van der Waals surface area contributed by atoms with E-state index in [2.05, 4.69) is 10.3 Å². The molecule has 0 unspecified atom stereocenters. The van der Waals surface area contributed by atoms with Crippen LogP contribution in [0.25, 0.3) is 10.9 Å². The number of benzene rings is 2. The molecule has 166 valence electrons. The summed E-state index contributed by atoms with van der Waals surface area (Å²) < 4.78 is 6.87. The molecule has 0 saturated heterocycles. The van der Waals surface area contributed by atoms with E-state index in [1.807, 2.05) is 13.0 Å². The van der Waals surface area contributed by atoms with Crippen molar-refractivity contribution in [1.82, 2.24) is 9.55 Å². The summed E-state index contributed by atoms with van der Waals surface area (Å²) in [5, 5.41) is 3.59. The van der Waals surface area contributed by atoms with Crippen LogP contribution in [0.1, 0.15) is 21.5 Å². The highest BCUT2D eigenvalue weighted by atomic mass is 35.5. The molecule has 2 aromatic carbocycles. The lowest BCUT2D eigenvalue weighted by Crippen LogP contribution is -2.24. The number of hydrogen-bond acceptors (Lipinski definition) is 5. The van der Waals surface area contributed by atoms with Crippen molar-refractivity contribution in [2.24, 2.45) is 0 Å². The molecule has 2 heterocycles. The molecular formula is C25H20ClN3O4. The van der Waals surface area contributed by atoms with Crippen LogP contribution in [0.5, 0.6) is 5.75 Å². The van der Waals surface area contributed by atoms with Gasteiger partial charge in [0.15, 0.2) is 5.78 Å². The van der Waals surface area contributed by atoms with Crippen LogP contribution in [0.2, 0.25) is 5.02 Å². The second kappa shape index (κ2) is 9.26. The lowest BCUT2D eigenvalue weighted by molar-refractivity contribution is -0.116. The zero-order valence-corrected chi connectivity index (χ0v) is 18.7. The molecule has 7 nitrogen and oxygen atoms in total. The van der Waals surface area contributed by atoms with Crippen LogP contribution in [0.4, 0.5) is 5.69 Å². The van der Waals surface area contributed by atoms with Gasteiger partial charge in [0.1, 0.15) is 12.3 Å². The van der Waals surface area contributed by atoms with Gasteiger partial charge in [-0.25, -0.2) is 0 Å². The Balaban J connectivity index is 1.76. The van der Waals surface area contributed by atoms with Gasteiger partial charge in [-0.1, -0.05) is 23.2 Å². The van der Waals surface area contributed by atoms with Crippen LogP contribution in [-0.4, -0.2) is 28.4 Å². The minimum Gasteiger partial charge on any atom is -0.495 e. The average molecular weight is 462 g/mol. The fraction of sp³-hybridized carbons (Fsp3) is 0.120. The molecular weight excluding hydrogens is 442 g/mol. The Hall–Kier alpha value is -3.97. The molecule has 0 aliphatic heterocycles. The molecule has 0 aliphatic carbocycles. The molecule has 0 spiro atoms. The SMILES string of the molecule is COc1ccc(Cl)cc1NC(=O)Cn1cc(C(=O)c2ccncc2)c(=O)c2cc(C)ccc21. The van der Waals surface area contributed by atoms with Crippen LogP contribution in [0, 0.1) is 6.92 Å². The standard InChI is InChI=1S/C25H20ClN3O4/c1-15-3-5-21-18(11-15)25(32)19(24(31)16-7-9-27-10-8-16)13-29(21)14-23(30)28-20-12-17(26)4-6-22(20)33-2/h3-13H,14H2,1-2H3,(H,28,30). The molecule has 0 atom stereocenters. The predicted octanol–water partition coefficient (Wildman–Crippen LogP) is 4.24. The second-order valence-corrected chi connectivity index (χ2v) is 7.91. The molecule has 1 amide bonds. The molecule has 2 aromatic heterocycles. The Bertz CT molecular complexity index is 1430. The number of nitrogens with one attached hydrogen (secondary N) is 1. The van der Waals surface area contributed by atoms with E-state index in [0.29, 0.717) is 32.9 Å². The average Bonchev–Trinajstić information content (AvgIpc) is 2.81. The molecule has 0 fully saturated rings. The molecule has 33 heavy (non-hydrogen) atoms. The summed E-state index contributed by atoms with van der Waals surface area (Å²) in [5.74, 6) is -0.346. The number of hydrogen-bond donors (Lipinski definition) is 1. The Morgan fingerprint density at radius 2 is 1.85 bits per heavy atom. The summed E-state index contributed by atoms with van der Waals surface area (Å²) in [4.78, 5) is 43.1. The number of pyridine rings is 2. The largest absolute Gasteiger partial charge is 0.495 e. The topological polar surface area (TPSA) is 90.3 Å².